The second-order valence-corrected chi connectivity index (χ2v) is 6.09. The molecule has 122 valence electrons. The van der Waals surface area contributed by atoms with E-state index in [1.54, 1.807) is 39.0 Å². The number of amides is 1. The summed E-state index contributed by atoms with van der Waals surface area (Å²) in [4.78, 5) is 12.1. The van der Waals surface area contributed by atoms with Gasteiger partial charge in [0.05, 0.1) is 0 Å². The fourth-order valence-corrected chi connectivity index (χ4v) is 1.92. The third kappa shape index (κ3) is 5.00. The molecule has 5 heteroatoms. The van der Waals surface area contributed by atoms with Gasteiger partial charge < -0.3 is 9.47 Å². The van der Waals surface area contributed by atoms with Crippen molar-refractivity contribution >= 4 is 11.8 Å². The number of nitrogens with two attached hydrogens (primary N) is 1. The second kappa shape index (κ2) is 7.15. The molecule has 0 aliphatic rings. The number of para-hydroxylation sites is 2. The molecule has 0 saturated carbocycles. The fraction of sp³-hybridized carbons (Fsp3) is 0.278. The first-order valence-electron chi connectivity index (χ1n) is 7.40. The van der Waals surface area contributed by atoms with Crippen LogP contribution in [0.3, 0.4) is 0 Å². The molecule has 0 spiro atoms. The van der Waals surface area contributed by atoms with Gasteiger partial charge in [-0.25, -0.2) is 15.6 Å². The molecule has 1 amide bonds. The predicted octanol–water partition coefficient (Wildman–Crippen LogP) is 3.88. The van der Waals surface area contributed by atoms with Crippen molar-refractivity contribution in [1.82, 2.24) is 0 Å². The summed E-state index contributed by atoms with van der Waals surface area (Å²) in [5, 5.41) is 0.964. The van der Waals surface area contributed by atoms with E-state index in [0.717, 1.165) is 10.6 Å². The molecule has 5 nitrogen and oxygen atoms in total. The Morgan fingerprint density at radius 3 is 2.30 bits per heavy atom. The minimum absolute atomic E-state index is 0.389. The molecular formula is C18H22N2O3. The van der Waals surface area contributed by atoms with Crippen LogP contribution in [-0.4, -0.2) is 11.7 Å². The summed E-state index contributed by atoms with van der Waals surface area (Å²) in [5.74, 6) is 6.41. The third-order valence-corrected chi connectivity index (χ3v) is 2.95. The van der Waals surface area contributed by atoms with Crippen molar-refractivity contribution in [2.24, 2.45) is 5.84 Å². The number of ether oxygens (including phenoxy) is 2. The van der Waals surface area contributed by atoms with Gasteiger partial charge in [0.15, 0.2) is 0 Å². The SMILES string of the molecule is CC(C)(C)OC(=O)N(N)c1ccccc1OCc1ccccc1. The van der Waals surface area contributed by atoms with Gasteiger partial charge in [0.1, 0.15) is 23.6 Å². The average molecular weight is 314 g/mol. The zero-order chi connectivity index (χ0) is 16.9. The summed E-state index contributed by atoms with van der Waals surface area (Å²) in [6.07, 6.45) is -0.631. The van der Waals surface area contributed by atoms with Crippen molar-refractivity contribution in [3.05, 3.63) is 60.2 Å². The highest BCUT2D eigenvalue weighted by atomic mass is 16.6. The van der Waals surface area contributed by atoms with Crippen LogP contribution >= 0.6 is 0 Å². The maximum Gasteiger partial charge on any atom is 0.429 e. The van der Waals surface area contributed by atoms with Crippen molar-refractivity contribution in [3.63, 3.8) is 0 Å². The fourth-order valence-electron chi connectivity index (χ4n) is 1.92. The van der Waals surface area contributed by atoms with E-state index in [1.165, 1.54) is 0 Å². The van der Waals surface area contributed by atoms with Crippen molar-refractivity contribution < 1.29 is 14.3 Å². The molecular weight excluding hydrogens is 292 g/mol. The smallest absolute Gasteiger partial charge is 0.429 e. The van der Waals surface area contributed by atoms with Gasteiger partial charge in [0.2, 0.25) is 0 Å². The summed E-state index contributed by atoms with van der Waals surface area (Å²) in [6, 6.07) is 16.9. The second-order valence-electron chi connectivity index (χ2n) is 6.09. The van der Waals surface area contributed by atoms with E-state index < -0.39 is 11.7 Å². The summed E-state index contributed by atoms with van der Waals surface area (Å²) in [6.45, 7) is 5.75. The van der Waals surface area contributed by atoms with E-state index in [1.807, 2.05) is 36.4 Å². The van der Waals surface area contributed by atoms with E-state index in [-0.39, 0.29) is 0 Å². The number of anilines is 1. The summed E-state index contributed by atoms with van der Waals surface area (Å²) in [5.41, 5.74) is 0.870. The number of nitrogens with zero attached hydrogens (tertiary/aromatic N) is 1. The highest BCUT2D eigenvalue weighted by Crippen LogP contribution is 2.28. The number of hydrogen-bond donors (Lipinski definition) is 1. The lowest BCUT2D eigenvalue weighted by Gasteiger charge is -2.25. The standard InChI is InChI=1S/C18H22N2O3/c1-18(2,3)23-17(21)20(19)15-11-7-8-12-16(15)22-13-14-9-5-4-6-10-14/h4-12H,13,19H2,1-3H3. The molecule has 0 radical (unpaired) electrons. The molecule has 0 unspecified atom stereocenters. The molecule has 2 N–H and O–H groups in total. The van der Waals surface area contributed by atoms with Crippen LogP contribution in [0.2, 0.25) is 0 Å². The van der Waals surface area contributed by atoms with Gasteiger partial charge in [-0.15, -0.1) is 0 Å². The maximum absolute atomic E-state index is 12.1. The summed E-state index contributed by atoms with van der Waals surface area (Å²) >= 11 is 0. The Morgan fingerprint density at radius 1 is 1.04 bits per heavy atom. The number of hydrogen-bond acceptors (Lipinski definition) is 4. The first-order valence-corrected chi connectivity index (χ1v) is 7.40. The number of benzene rings is 2. The molecule has 0 bridgehead atoms. The van der Waals surface area contributed by atoms with Crippen LogP contribution in [-0.2, 0) is 11.3 Å². The Morgan fingerprint density at radius 2 is 1.65 bits per heavy atom. The largest absolute Gasteiger partial charge is 0.487 e. The quantitative estimate of drug-likeness (QED) is 0.528. The van der Waals surface area contributed by atoms with Gasteiger partial charge in [-0.1, -0.05) is 42.5 Å². The normalized spacial score (nSPS) is 11.0. The first-order chi connectivity index (χ1) is 10.9. The Kier molecular flexibility index (Phi) is 5.24. The van der Waals surface area contributed by atoms with E-state index >= 15 is 0 Å². The van der Waals surface area contributed by atoms with Crippen LogP contribution in [0, 0.1) is 0 Å². The Labute approximate surface area is 136 Å². The Bertz CT molecular complexity index is 651. The predicted molar refractivity (Wildman–Crippen MR) is 90.1 cm³/mol. The number of carbonyl (C=O) groups excluding carboxylic acids is 1. The minimum atomic E-state index is -0.631. The number of carbonyl (C=O) groups is 1. The highest BCUT2D eigenvalue weighted by Gasteiger charge is 2.23. The first kappa shape index (κ1) is 16.8. The Hall–Kier alpha value is -2.53. The van der Waals surface area contributed by atoms with E-state index in [2.05, 4.69) is 0 Å². The summed E-state index contributed by atoms with van der Waals surface area (Å²) in [7, 11) is 0. The van der Waals surface area contributed by atoms with Gasteiger partial charge >= 0.3 is 6.09 Å². The van der Waals surface area contributed by atoms with E-state index in [4.69, 9.17) is 15.3 Å². The molecule has 0 atom stereocenters. The van der Waals surface area contributed by atoms with Gasteiger partial charge in [-0.2, -0.15) is 0 Å². The maximum atomic E-state index is 12.1. The van der Waals surface area contributed by atoms with Crippen LogP contribution in [0.5, 0.6) is 5.75 Å². The minimum Gasteiger partial charge on any atom is -0.487 e. The van der Waals surface area contributed by atoms with Crippen LogP contribution < -0.4 is 15.6 Å². The molecule has 23 heavy (non-hydrogen) atoms. The molecule has 0 aliphatic heterocycles. The number of hydrazine groups is 1. The molecule has 0 fully saturated rings. The molecule has 0 saturated heterocycles. The molecule has 0 heterocycles. The molecule has 2 aromatic rings. The lowest BCUT2D eigenvalue weighted by atomic mass is 10.2. The van der Waals surface area contributed by atoms with E-state index in [9.17, 15) is 4.79 Å². The highest BCUT2D eigenvalue weighted by molar-refractivity contribution is 5.88. The van der Waals surface area contributed by atoms with Crippen LogP contribution in [0.4, 0.5) is 10.5 Å². The van der Waals surface area contributed by atoms with Crippen molar-refractivity contribution in [3.8, 4) is 5.75 Å². The third-order valence-electron chi connectivity index (χ3n) is 2.95. The molecule has 2 rings (SSSR count). The van der Waals surface area contributed by atoms with Crippen LogP contribution in [0.25, 0.3) is 0 Å². The van der Waals surface area contributed by atoms with Crippen LogP contribution in [0.1, 0.15) is 26.3 Å². The monoisotopic (exact) mass is 314 g/mol. The Balaban J connectivity index is 2.12. The van der Waals surface area contributed by atoms with Gasteiger partial charge in [0.25, 0.3) is 0 Å². The summed E-state index contributed by atoms with van der Waals surface area (Å²) < 4.78 is 11.1. The lowest BCUT2D eigenvalue weighted by Crippen LogP contribution is -2.41. The van der Waals surface area contributed by atoms with Crippen molar-refractivity contribution in [2.75, 3.05) is 5.01 Å². The van der Waals surface area contributed by atoms with Crippen molar-refractivity contribution in [2.45, 2.75) is 33.0 Å². The molecule has 2 aromatic carbocycles. The number of rotatable bonds is 4. The lowest BCUT2D eigenvalue weighted by molar-refractivity contribution is 0.0579. The molecule has 0 aliphatic carbocycles. The van der Waals surface area contributed by atoms with Gasteiger partial charge in [0, 0.05) is 0 Å². The molecule has 0 aromatic heterocycles. The van der Waals surface area contributed by atoms with E-state index in [0.29, 0.717) is 18.0 Å². The average Bonchev–Trinajstić information content (AvgIpc) is 2.52. The van der Waals surface area contributed by atoms with Crippen LogP contribution in [0.15, 0.2) is 54.6 Å². The topological polar surface area (TPSA) is 64.8 Å². The zero-order valence-corrected chi connectivity index (χ0v) is 13.7. The zero-order valence-electron chi connectivity index (χ0n) is 13.7. The van der Waals surface area contributed by atoms with Gasteiger partial charge in [-0.05, 0) is 38.5 Å². The van der Waals surface area contributed by atoms with Crippen molar-refractivity contribution in [1.29, 1.82) is 0 Å². The van der Waals surface area contributed by atoms with Gasteiger partial charge in [-0.3, -0.25) is 0 Å².